The van der Waals surface area contributed by atoms with Gasteiger partial charge in [0.2, 0.25) is 5.89 Å². The van der Waals surface area contributed by atoms with Gasteiger partial charge in [0, 0.05) is 25.6 Å². The highest BCUT2D eigenvalue weighted by Crippen LogP contribution is 2.26. The number of nitrogens with one attached hydrogen (secondary N) is 1. The SMILES string of the molecule is Cc1noc(C2CCN(C(=O)NCc3ccc(F)c(F)c3)CC2)n1. The number of hydrogen-bond acceptors (Lipinski definition) is 4. The van der Waals surface area contributed by atoms with E-state index in [1.165, 1.54) is 6.07 Å². The molecule has 0 spiro atoms. The van der Waals surface area contributed by atoms with Crippen molar-refractivity contribution >= 4 is 6.03 Å². The predicted molar refractivity (Wildman–Crippen MR) is 81.2 cm³/mol. The van der Waals surface area contributed by atoms with Crippen LogP contribution in [0.25, 0.3) is 0 Å². The molecule has 0 aliphatic carbocycles. The molecule has 1 fully saturated rings. The second kappa shape index (κ2) is 6.94. The van der Waals surface area contributed by atoms with Gasteiger partial charge in [0.25, 0.3) is 0 Å². The zero-order valence-electron chi connectivity index (χ0n) is 13.3. The normalized spacial score (nSPS) is 15.5. The van der Waals surface area contributed by atoms with E-state index in [0.29, 0.717) is 30.4 Å². The number of nitrogens with zero attached hydrogens (tertiary/aromatic N) is 3. The maximum absolute atomic E-state index is 13.1. The first-order chi connectivity index (χ1) is 11.5. The summed E-state index contributed by atoms with van der Waals surface area (Å²) in [5.41, 5.74) is 0.512. The van der Waals surface area contributed by atoms with Gasteiger partial charge in [0.1, 0.15) is 0 Å². The third-order valence-electron chi connectivity index (χ3n) is 4.10. The molecule has 0 bridgehead atoms. The van der Waals surface area contributed by atoms with E-state index in [2.05, 4.69) is 15.5 Å². The van der Waals surface area contributed by atoms with Crippen LogP contribution in [-0.2, 0) is 6.54 Å². The van der Waals surface area contributed by atoms with Crippen LogP contribution < -0.4 is 5.32 Å². The van der Waals surface area contributed by atoms with Crippen molar-refractivity contribution in [2.24, 2.45) is 0 Å². The summed E-state index contributed by atoms with van der Waals surface area (Å²) < 4.78 is 31.2. The lowest BCUT2D eigenvalue weighted by Gasteiger charge is -2.30. The standard InChI is InChI=1S/C16H18F2N4O2/c1-10-20-15(24-21-10)12-4-6-22(7-5-12)16(23)19-9-11-2-3-13(17)14(18)8-11/h2-3,8,12H,4-7,9H2,1H3,(H,19,23). The van der Waals surface area contributed by atoms with Gasteiger partial charge in [0.05, 0.1) is 0 Å². The summed E-state index contributed by atoms with van der Waals surface area (Å²) in [4.78, 5) is 18.1. The molecule has 1 N–H and O–H groups in total. The van der Waals surface area contributed by atoms with Gasteiger partial charge in [-0.1, -0.05) is 11.2 Å². The van der Waals surface area contributed by atoms with Crippen molar-refractivity contribution in [2.75, 3.05) is 13.1 Å². The molecule has 8 heteroatoms. The van der Waals surface area contributed by atoms with E-state index in [-0.39, 0.29) is 18.5 Å². The van der Waals surface area contributed by atoms with E-state index in [1.807, 2.05) is 0 Å². The Hall–Kier alpha value is -2.51. The van der Waals surface area contributed by atoms with Gasteiger partial charge in [-0.2, -0.15) is 4.98 Å². The van der Waals surface area contributed by atoms with Gasteiger partial charge in [-0.3, -0.25) is 0 Å². The number of likely N-dealkylation sites (tertiary alicyclic amines) is 1. The summed E-state index contributed by atoms with van der Waals surface area (Å²) in [6.45, 7) is 3.08. The van der Waals surface area contributed by atoms with E-state index in [9.17, 15) is 13.6 Å². The number of urea groups is 1. The van der Waals surface area contributed by atoms with E-state index >= 15 is 0 Å². The smallest absolute Gasteiger partial charge is 0.317 e. The van der Waals surface area contributed by atoms with E-state index in [0.717, 1.165) is 25.0 Å². The molecule has 0 unspecified atom stereocenters. The molecule has 2 aromatic rings. The molecule has 128 valence electrons. The number of carbonyl (C=O) groups is 1. The highest BCUT2D eigenvalue weighted by Gasteiger charge is 2.27. The second-order valence-electron chi connectivity index (χ2n) is 5.85. The number of piperidine rings is 1. The molecule has 1 aromatic heterocycles. The zero-order chi connectivity index (χ0) is 17.1. The Labute approximate surface area is 137 Å². The summed E-state index contributed by atoms with van der Waals surface area (Å²) in [5.74, 6) is -0.423. The van der Waals surface area contributed by atoms with Crippen LogP contribution >= 0.6 is 0 Å². The molecule has 24 heavy (non-hydrogen) atoms. The van der Waals surface area contributed by atoms with Crippen molar-refractivity contribution in [2.45, 2.75) is 32.2 Å². The Morgan fingerprint density at radius 3 is 2.71 bits per heavy atom. The zero-order valence-corrected chi connectivity index (χ0v) is 13.3. The van der Waals surface area contributed by atoms with Crippen molar-refractivity contribution in [1.82, 2.24) is 20.4 Å². The van der Waals surface area contributed by atoms with Crippen LogP contribution in [0.2, 0.25) is 0 Å². The maximum Gasteiger partial charge on any atom is 0.317 e. The molecule has 6 nitrogen and oxygen atoms in total. The minimum atomic E-state index is -0.919. The van der Waals surface area contributed by atoms with Crippen LogP contribution in [0.15, 0.2) is 22.7 Å². The van der Waals surface area contributed by atoms with Crippen molar-refractivity contribution in [3.05, 3.63) is 47.1 Å². The molecule has 3 rings (SSSR count). The lowest BCUT2D eigenvalue weighted by atomic mass is 9.97. The van der Waals surface area contributed by atoms with Crippen LogP contribution in [0, 0.1) is 18.6 Å². The number of rotatable bonds is 3. The number of aryl methyl sites for hydroxylation is 1. The van der Waals surface area contributed by atoms with Crippen LogP contribution in [-0.4, -0.2) is 34.2 Å². The highest BCUT2D eigenvalue weighted by atomic mass is 19.2. The van der Waals surface area contributed by atoms with E-state index in [1.54, 1.807) is 11.8 Å². The number of halogens is 2. The van der Waals surface area contributed by atoms with Crippen LogP contribution in [0.1, 0.15) is 36.0 Å². The fourth-order valence-electron chi connectivity index (χ4n) is 2.75. The summed E-state index contributed by atoms with van der Waals surface area (Å²) in [7, 11) is 0. The van der Waals surface area contributed by atoms with Gasteiger partial charge in [0.15, 0.2) is 17.5 Å². The molecular formula is C16H18F2N4O2. The Morgan fingerprint density at radius 2 is 2.08 bits per heavy atom. The Bertz CT molecular complexity index is 727. The van der Waals surface area contributed by atoms with Crippen LogP contribution in [0.3, 0.4) is 0 Å². The maximum atomic E-state index is 13.1. The molecule has 1 aliphatic rings. The summed E-state index contributed by atoms with van der Waals surface area (Å²) >= 11 is 0. The molecule has 0 radical (unpaired) electrons. The van der Waals surface area contributed by atoms with Crippen molar-refractivity contribution < 1.29 is 18.1 Å². The van der Waals surface area contributed by atoms with Crippen molar-refractivity contribution in [3.8, 4) is 0 Å². The molecule has 1 saturated heterocycles. The second-order valence-corrected chi connectivity index (χ2v) is 5.85. The number of carbonyl (C=O) groups excluding carboxylic acids is 1. The average molecular weight is 336 g/mol. The first kappa shape index (κ1) is 16.4. The van der Waals surface area contributed by atoms with E-state index in [4.69, 9.17) is 4.52 Å². The quantitative estimate of drug-likeness (QED) is 0.935. The summed E-state index contributed by atoms with van der Waals surface area (Å²) in [6.07, 6.45) is 1.50. The minimum Gasteiger partial charge on any atom is -0.339 e. The monoisotopic (exact) mass is 336 g/mol. The lowest BCUT2D eigenvalue weighted by molar-refractivity contribution is 0.175. The summed E-state index contributed by atoms with van der Waals surface area (Å²) in [6, 6.07) is 3.36. The largest absolute Gasteiger partial charge is 0.339 e. The molecule has 1 aromatic carbocycles. The minimum absolute atomic E-state index is 0.152. The molecule has 0 atom stereocenters. The Balaban J connectivity index is 1.49. The van der Waals surface area contributed by atoms with Crippen molar-refractivity contribution in [1.29, 1.82) is 0 Å². The first-order valence-corrected chi connectivity index (χ1v) is 7.80. The number of benzene rings is 1. The van der Waals surface area contributed by atoms with Gasteiger partial charge in [-0.25, -0.2) is 13.6 Å². The van der Waals surface area contributed by atoms with E-state index < -0.39 is 11.6 Å². The fourth-order valence-corrected chi connectivity index (χ4v) is 2.75. The highest BCUT2D eigenvalue weighted by molar-refractivity contribution is 5.74. The third-order valence-corrected chi connectivity index (χ3v) is 4.10. The molecule has 1 aliphatic heterocycles. The van der Waals surface area contributed by atoms with Gasteiger partial charge >= 0.3 is 6.03 Å². The molecular weight excluding hydrogens is 318 g/mol. The average Bonchev–Trinajstić information content (AvgIpc) is 3.02. The topological polar surface area (TPSA) is 71.3 Å². The van der Waals surface area contributed by atoms with Crippen LogP contribution in [0.5, 0.6) is 0 Å². The number of hydrogen-bond donors (Lipinski definition) is 1. The third kappa shape index (κ3) is 3.69. The fraction of sp³-hybridized carbons (Fsp3) is 0.438. The number of amides is 2. The first-order valence-electron chi connectivity index (χ1n) is 7.80. The predicted octanol–water partition coefficient (Wildman–Crippen LogP) is 2.75. The lowest BCUT2D eigenvalue weighted by Crippen LogP contribution is -2.43. The molecule has 2 heterocycles. The Kier molecular flexibility index (Phi) is 4.73. The molecule has 0 saturated carbocycles. The summed E-state index contributed by atoms with van der Waals surface area (Å²) in [5, 5.41) is 6.51. The number of aromatic nitrogens is 2. The van der Waals surface area contributed by atoms with Gasteiger partial charge in [-0.05, 0) is 37.5 Å². The molecule has 2 amide bonds. The van der Waals surface area contributed by atoms with Gasteiger partial charge < -0.3 is 14.7 Å². The van der Waals surface area contributed by atoms with Crippen molar-refractivity contribution in [3.63, 3.8) is 0 Å². The Morgan fingerprint density at radius 1 is 1.33 bits per heavy atom. The van der Waals surface area contributed by atoms with Gasteiger partial charge in [-0.15, -0.1) is 0 Å². The van der Waals surface area contributed by atoms with Crippen LogP contribution in [0.4, 0.5) is 13.6 Å².